The van der Waals surface area contributed by atoms with E-state index in [1.165, 1.54) is 6.07 Å². The largest absolute Gasteiger partial charge is 0.478 e. The van der Waals surface area contributed by atoms with Crippen molar-refractivity contribution in [2.75, 3.05) is 38.6 Å². The van der Waals surface area contributed by atoms with E-state index in [9.17, 15) is 13.6 Å². The van der Waals surface area contributed by atoms with Crippen LogP contribution in [0.4, 0.5) is 14.5 Å². The van der Waals surface area contributed by atoms with Gasteiger partial charge in [-0.3, -0.25) is 0 Å². The zero-order valence-electron chi connectivity index (χ0n) is 12.0. The van der Waals surface area contributed by atoms with Crippen LogP contribution in [0.3, 0.4) is 0 Å². The number of benzene rings is 1. The molecule has 6 heteroatoms. The Bertz CT molecular complexity index is 478. The molecule has 1 aromatic carbocycles. The number of hydrogen-bond donors (Lipinski definition) is 1. The predicted molar refractivity (Wildman–Crippen MR) is 74.4 cm³/mol. The van der Waals surface area contributed by atoms with Gasteiger partial charge in [0.05, 0.1) is 11.3 Å². The van der Waals surface area contributed by atoms with Crippen molar-refractivity contribution < 1.29 is 18.7 Å². The summed E-state index contributed by atoms with van der Waals surface area (Å²) >= 11 is 0. The average Bonchev–Trinajstić information content (AvgIpc) is 2.38. The molecular weight excluding hydrogens is 266 g/mol. The Kier molecular flexibility index (Phi) is 5.88. The second-order valence-corrected chi connectivity index (χ2v) is 4.80. The van der Waals surface area contributed by atoms with Gasteiger partial charge in [-0.25, -0.2) is 13.6 Å². The highest BCUT2D eigenvalue weighted by Crippen LogP contribution is 2.24. The Morgan fingerprint density at radius 3 is 2.35 bits per heavy atom. The first-order valence-corrected chi connectivity index (χ1v) is 6.49. The lowest BCUT2D eigenvalue weighted by Gasteiger charge is -2.24. The molecule has 0 fully saturated rings. The maximum atomic E-state index is 14.0. The molecule has 0 aliphatic heterocycles. The summed E-state index contributed by atoms with van der Waals surface area (Å²) in [6, 6.07) is 2.42. The molecule has 4 nitrogen and oxygen atoms in total. The summed E-state index contributed by atoms with van der Waals surface area (Å²) in [5.41, 5.74) is -0.538. The third kappa shape index (κ3) is 3.90. The molecule has 0 aliphatic carbocycles. The monoisotopic (exact) mass is 286 g/mol. The number of hydrogen-bond acceptors (Lipinski definition) is 3. The second-order valence-electron chi connectivity index (χ2n) is 4.80. The minimum atomic E-state index is -1.47. The summed E-state index contributed by atoms with van der Waals surface area (Å²) in [7, 11) is 3.89. The summed E-state index contributed by atoms with van der Waals surface area (Å²) < 4.78 is 27.6. The lowest BCUT2D eigenvalue weighted by molar-refractivity contribution is 0.0690. The van der Waals surface area contributed by atoms with Gasteiger partial charge < -0.3 is 14.9 Å². The number of halogens is 2. The van der Waals surface area contributed by atoms with Crippen molar-refractivity contribution >= 4 is 11.7 Å². The molecule has 0 atom stereocenters. The average molecular weight is 286 g/mol. The normalized spacial score (nSPS) is 10.9. The van der Waals surface area contributed by atoms with E-state index < -0.39 is 23.2 Å². The van der Waals surface area contributed by atoms with Gasteiger partial charge in [-0.1, -0.05) is 0 Å². The first kappa shape index (κ1) is 16.4. The lowest BCUT2D eigenvalue weighted by Crippen LogP contribution is -2.28. The van der Waals surface area contributed by atoms with Gasteiger partial charge in [0.1, 0.15) is 0 Å². The lowest BCUT2D eigenvalue weighted by atomic mass is 10.1. The summed E-state index contributed by atoms with van der Waals surface area (Å²) in [6.07, 6.45) is 0.808. The number of carbonyl (C=O) groups is 1. The number of carboxylic acids is 1. The van der Waals surface area contributed by atoms with Gasteiger partial charge in [-0.05, 0) is 46.1 Å². The fraction of sp³-hybridized carbons (Fsp3) is 0.500. The number of rotatable bonds is 7. The summed E-state index contributed by atoms with van der Waals surface area (Å²) in [5, 5.41) is 8.75. The number of nitrogens with zero attached hydrogens (tertiary/aromatic N) is 2. The topological polar surface area (TPSA) is 43.8 Å². The van der Waals surface area contributed by atoms with Crippen molar-refractivity contribution in [3.63, 3.8) is 0 Å². The quantitative estimate of drug-likeness (QED) is 0.836. The first-order valence-electron chi connectivity index (χ1n) is 6.49. The van der Waals surface area contributed by atoms with Crippen molar-refractivity contribution in [1.82, 2.24) is 4.90 Å². The van der Waals surface area contributed by atoms with Crippen LogP contribution in [0.25, 0.3) is 0 Å². The Hall–Kier alpha value is -1.69. The summed E-state index contributed by atoms with van der Waals surface area (Å²) in [4.78, 5) is 14.5. The Balaban J connectivity index is 2.93. The van der Waals surface area contributed by atoms with Crippen LogP contribution in [0, 0.1) is 11.6 Å². The van der Waals surface area contributed by atoms with Crippen LogP contribution >= 0.6 is 0 Å². The van der Waals surface area contributed by atoms with Gasteiger partial charge in [0, 0.05) is 13.1 Å². The van der Waals surface area contributed by atoms with Crippen molar-refractivity contribution in [1.29, 1.82) is 0 Å². The highest BCUT2D eigenvalue weighted by atomic mass is 19.2. The van der Waals surface area contributed by atoms with Crippen LogP contribution < -0.4 is 4.90 Å². The van der Waals surface area contributed by atoms with E-state index in [4.69, 9.17) is 5.11 Å². The molecule has 0 spiro atoms. The van der Waals surface area contributed by atoms with Crippen LogP contribution in [0.15, 0.2) is 12.1 Å². The zero-order chi connectivity index (χ0) is 15.3. The molecule has 1 aromatic rings. The fourth-order valence-electron chi connectivity index (χ4n) is 1.98. The van der Waals surface area contributed by atoms with Gasteiger partial charge in [0.15, 0.2) is 11.6 Å². The maximum Gasteiger partial charge on any atom is 0.338 e. The molecule has 0 amide bonds. The Labute approximate surface area is 117 Å². The van der Waals surface area contributed by atoms with Crippen LogP contribution in [-0.4, -0.2) is 49.7 Å². The molecule has 0 heterocycles. The van der Waals surface area contributed by atoms with Gasteiger partial charge in [-0.2, -0.15) is 0 Å². The summed E-state index contributed by atoms with van der Waals surface area (Å²) in [6.45, 7) is 3.79. The minimum Gasteiger partial charge on any atom is -0.478 e. The molecule has 1 rings (SSSR count). The Morgan fingerprint density at radius 2 is 1.85 bits per heavy atom. The number of aromatic carboxylic acids is 1. The molecule has 0 bridgehead atoms. The van der Waals surface area contributed by atoms with Crippen molar-refractivity contribution in [2.24, 2.45) is 0 Å². The van der Waals surface area contributed by atoms with Gasteiger partial charge in [-0.15, -0.1) is 0 Å². The van der Waals surface area contributed by atoms with Crippen LogP contribution in [0.2, 0.25) is 0 Å². The van der Waals surface area contributed by atoms with Crippen molar-refractivity contribution in [3.05, 3.63) is 29.3 Å². The third-order valence-electron chi connectivity index (χ3n) is 3.05. The highest BCUT2D eigenvalue weighted by molar-refractivity contribution is 5.88. The van der Waals surface area contributed by atoms with Crippen molar-refractivity contribution in [3.8, 4) is 0 Å². The second kappa shape index (κ2) is 7.19. The fourth-order valence-corrected chi connectivity index (χ4v) is 1.98. The minimum absolute atomic E-state index is 0.105. The molecular formula is C14H20F2N2O2. The molecule has 0 saturated carbocycles. The molecule has 1 N–H and O–H groups in total. The van der Waals surface area contributed by atoms with Gasteiger partial charge >= 0.3 is 5.97 Å². The van der Waals surface area contributed by atoms with E-state index in [0.29, 0.717) is 13.1 Å². The molecule has 20 heavy (non-hydrogen) atoms. The Morgan fingerprint density at radius 1 is 1.20 bits per heavy atom. The van der Waals surface area contributed by atoms with E-state index in [1.807, 2.05) is 25.9 Å². The van der Waals surface area contributed by atoms with E-state index in [0.717, 1.165) is 19.0 Å². The first-order chi connectivity index (χ1) is 9.38. The zero-order valence-corrected chi connectivity index (χ0v) is 12.0. The maximum absolute atomic E-state index is 14.0. The van der Waals surface area contributed by atoms with E-state index in [2.05, 4.69) is 0 Å². The molecule has 0 saturated heterocycles. The van der Waals surface area contributed by atoms with Crippen LogP contribution in [0.5, 0.6) is 0 Å². The predicted octanol–water partition coefficient (Wildman–Crippen LogP) is 2.44. The number of carboxylic acid groups (broad SMARTS) is 1. The molecule has 0 aromatic heterocycles. The van der Waals surface area contributed by atoms with Crippen LogP contribution in [-0.2, 0) is 0 Å². The smallest absolute Gasteiger partial charge is 0.338 e. The molecule has 112 valence electrons. The van der Waals surface area contributed by atoms with E-state index in [-0.39, 0.29) is 5.69 Å². The number of anilines is 1. The van der Waals surface area contributed by atoms with Gasteiger partial charge in [0.2, 0.25) is 0 Å². The van der Waals surface area contributed by atoms with E-state index in [1.54, 1.807) is 4.90 Å². The standard InChI is InChI=1S/C14H20F2N2O2/c1-4-18(9-5-8-17(2)3)11-7-6-10(14(19)20)12(15)13(11)16/h6-7H,4-5,8-9H2,1-3H3,(H,19,20). The van der Waals surface area contributed by atoms with E-state index >= 15 is 0 Å². The molecule has 0 radical (unpaired) electrons. The van der Waals surface area contributed by atoms with Gasteiger partial charge in [0.25, 0.3) is 0 Å². The third-order valence-corrected chi connectivity index (χ3v) is 3.05. The highest BCUT2D eigenvalue weighted by Gasteiger charge is 2.20. The molecule has 0 unspecified atom stereocenters. The molecule has 0 aliphatic rings. The van der Waals surface area contributed by atoms with Crippen molar-refractivity contribution in [2.45, 2.75) is 13.3 Å². The summed E-state index contributed by atoms with van der Waals surface area (Å²) in [5.74, 6) is -3.87. The van der Waals surface area contributed by atoms with Crippen LogP contribution in [0.1, 0.15) is 23.7 Å². The SMILES string of the molecule is CCN(CCCN(C)C)c1ccc(C(=O)O)c(F)c1F.